The van der Waals surface area contributed by atoms with Crippen molar-refractivity contribution in [3.63, 3.8) is 0 Å². The van der Waals surface area contributed by atoms with Gasteiger partial charge in [-0.2, -0.15) is 0 Å². The molecule has 0 bridgehead atoms. The van der Waals surface area contributed by atoms with Crippen LogP contribution < -0.4 is 4.74 Å². The summed E-state index contributed by atoms with van der Waals surface area (Å²) in [6.07, 6.45) is 3.18. The van der Waals surface area contributed by atoms with Crippen molar-refractivity contribution in [2.75, 3.05) is 0 Å². The number of phenols is 1. The maximum absolute atomic E-state index is 9.84. The molecule has 0 unspecified atom stereocenters. The Kier molecular flexibility index (Phi) is 5.54. The summed E-state index contributed by atoms with van der Waals surface area (Å²) in [5.74, 6) is 0.896. The van der Waals surface area contributed by atoms with Gasteiger partial charge >= 0.3 is 0 Å². The van der Waals surface area contributed by atoms with Crippen molar-refractivity contribution in [2.45, 2.75) is 20.8 Å². The van der Waals surface area contributed by atoms with Crippen molar-refractivity contribution in [1.82, 2.24) is 4.98 Å². The second-order valence-corrected chi connectivity index (χ2v) is 4.15. The first-order chi connectivity index (χ1) is 9.04. The zero-order chi connectivity index (χ0) is 14.3. The molecule has 0 amide bonds. The zero-order valence-corrected chi connectivity index (χ0v) is 11.3. The fourth-order valence-corrected chi connectivity index (χ4v) is 1.45. The van der Waals surface area contributed by atoms with Crippen LogP contribution in [0.5, 0.6) is 11.5 Å². The molecule has 0 atom stereocenters. The number of nitrogens with zero attached hydrogens (tertiary/aromatic N) is 1. The molecule has 1 aromatic carbocycles. The van der Waals surface area contributed by atoms with Gasteiger partial charge in [-0.25, -0.2) is 0 Å². The molecule has 0 aliphatic carbocycles. The van der Waals surface area contributed by atoms with Crippen LogP contribution in [0.3, 0.4) is 0 Å². The molecule has 1 N–H and O–H groups in total. The van der Waals surface area contributed by atoms with E-state index in [4.69, 9.17) is 0 Å². The van der Waals surface area contributed by atoms with Crippen LogP contribution in [0.1, 0.15) is 16.7 Å². The van der Waals surface area contributed by atoms with E-state index in [-0.39, 0.29) is 0 Å². The zero-order valence-electron chi connectivity index (χ0n) is 11.3. The van der Waals surface area contributed by atoms with E-state index in [1.54, 1.807) is 12.3 Å². The van der Waals surface area contributed by atoms with Gasteiger partial charge in [0.25, 0.3) is 6.47 Å². The summed E-state index contributed by atoms with van der Waals surface area (Å²) in [6, 6.07) is 7.45. The molecule has 100 valence electrons. The number of aromatic hydroxyl groups is 1. The third-order valence-electron chi connectivity index (χ3n) is 2.47. The van der Waals surface area contributed by atoms with E-state index in [1.165, 1.54) is 6.20 Å². The Bertz CT molecular complexity index is 533. The number of hydrogen-bond acceptors (Lipinski definition) is 4. The van der Waals surface area contributed by atoms with E-state index in [2.05, 4.69) is 9.72 Å². The summed E-state index contributed by atoms with van der Waals surface area (Å²) >= 11 is 0. The Hall–Kier alpha value is -2.36. The van der Waals surface area contributed by atoms with Crippen LogP contribution in [-0.2, 0) is 4.79 Å². The molecule has 0 saturated carbocycles. The highest BCUT2D eigenvalue weighted by molar-refractivity contribution is 5.44. The Balaban J connectivity index is 0.000000191. The van der Waals surface area contributed by atoms with Crippen LogP contribution in [0.25, 0.3) is 0 Å². The minimum absolute atomic E-state index is 0.385. The molecule has 2 rings (SSSR count). The standard InChI is InChI=1S/C8H10O.C7H7NO2/c1-6-4-3-5-7(2)8(6)9;1-6-2-7(10-5-9)4-8-3-6/h3-5,9H,1-2H3;2-5H,1H3. The predicted octanol–water partition coefficient (Wildman–Crippen LogP) is 2.93. The first-order valence-corrected chi connectivity index (χ1v) is 5.81. The van der Waals surface area contributed by atoms with Gasteiger partial charge < -0.3 is 9.84 Å². The lowest BCUT2D eigenvalue weighted by atomic mass is 10.1. The lowest BCUT2D eigenvalue weighted by molar-refractivity contribution is -0.120. The van der Waals surface area contributed by atoms with Gasteiger partial charge in [-0.15, -0.1) is 0 Å². The van der Waals surface area contributed by atoms with E-state index in [9.17, 15) is 9.90 Å². The summed E-state index contributed by atoms with van der Waals surface area (Å²) in [6.45, 7) is 6.05. The highest BCUT2D eigenvalue weighted by Crippen LogP contribution is 2.19. The van der Waals surface area contributed by atoms with Crippen LogP contribution in [-0.4, -0.2) is 16.6 Å². The maximum atomic E-state index is 9.84. The van der Waals surface area contributed by atoms with E-state index in [0.29, 0.717) is 18.0 Å². The molecule has 0 radical (unpaired) electrons. The number of carbonyl (C=O) groups excluding carboxylic acids is 1. The number of rotatable bonds is 2. The number of ether oxygens (including phenoxy) is 1. The summed E-state index contributed by atoms with van der Waals surface area (Å²) < 4.78 is 4.54. The molecule has 0 fully saturated rings. The number of carbonyl (C=O) groups is 1. The minimum atomic E-state index is 0.385. The highest BCUT2D eigenvalue weighted by Gasteiger charge is 1.95. The second kappa shape index (κ2) is 7.16. The van der Waals surface area contributed by atoms with Gasteiger partial charge in [0, 0.05) is 6.20 Å². The molecular weight excluding hydrogens is 242 g/mol. The van der Waals surface area contributed by atoms with Crippen LogP contribution in [0.15, 0.2) is 36.7 Å². The van der Waals surface area contributed by atoms with Gasteiger partial charge in [-0.1, -0.05) is 18.2 Å². The van der Waals surface area contributed by atoms with Gasteiger partial charge in [0.15, 0.2) is 0 Å². The minimum Gasteiger partial charge on any atom is -0.507 e. The normalized spacial score (nSPS) is 9.21. The maximum Gasteiger partial charge on any atom is 0.298 e. The average molecular weight is 259 g/mol. The molecule has 1 aromatic heterocycles. The number of pyridine rings is 1. The fourth-order valence-electron chi connectivity index (χ4n) is 1.45. The largest absolute Gasteiger partial charge is 0.507 e. The van der Waals surface area contributed by atoms with Crippen LogP contribution in [0, 0.1) is 20.8 Å². The summed E-state index contributed by atoms with van der Waals surface area (Å²) in [7, 11) is 0. The van der Waals surface area contributed by atoms with Crippen molar-refractivity contribution >= 4 is 6.47 Å². The van der Waals surface area contributed by atoms with Gasteiger partial charge in [0.05, 0.1) is 6.20 Å². The smallest absolute Gasteiger partial charge is 0.298 e. The molecule has 1 heterocycles. The van der Waals surface area contributed by atoms with Crippen LogP contribution >= 0.6 is 0 Å². The predicted molar refractivity (Wildman–Crippen MR) is 73.2 cm³/mol. The number of para-hydroxylation sites is 1. The summed E-state index contributed by atoms with van der Waals surface area (Å²) in [5.41, 5.74) is 2.85. The number of aromatic nitrogens is 1. The third kappa shape index (κ3) is 4.79. The van der Waals surface area contributed by atoms with Gasteiger partial charge in [-0.05, 0) is 43.5 Å². The topological polar surface area (TPSA) is 59.4 Å². The third-order valence-corrected chi connectivity index (χ3v) is 2.47. The first-order valence-electron chi connectivity index (χ1n) is 5.81. The molecular formula is C15H17NO3. The lowest BCUT2D eigenvalue weighted by Crippen LogP contribution is -1.89. The highest BCUT2D eigenvalue weighted by atomic mass is 16.5. The van der Waals surface area contributed by atoms with Crippen molar-refractivity contribution in [3.8, 4) is 11.5 Å². The van der Waals surface area contributed by atoms with Crippen LogP contribution in [0.2, 0.25) is 0 Å². The first kappa shape index (κ1) is 14.7. The number of hydrogen-bond donors (Lipinski definition) is 1. The van der Waals surface area contributed by atoms with Crippen molar-refractivity contribution < 1.29 is 14.6 Å². The van der Waals surface area contributed by atoms with E-state index in [0.717, 1.165) is 16.7 Å². The van der Waals surface area contributed by atoms with Crippen molar-refractivity contribution in [3.05, 3.63) is 53.3 Å². The fraction of sp³-hybridized carbons (Fsp3) is 0.200. The number of phenolic OH excluding ortho intramolecular Hbond substituents is 1. The molecule has 4 heteroatoms. The number of aryl methyl sites for hydroxylation is 3. The molecule has 0 spiro atoms. The Morgan fingerprint density at radius 1 is 1.16 bits per heavy atom. The van der Waals surface area contributed by atoms with E-state index >= 15 is 0 Å². The van der Waals surface area contributed by atoms with Crippen molar-refractivity contribution in [2.24, 2.45) is 0 Å². The SMILES string of the molecule is Cc1cccc(C)c1O.Cc1cncc(OC=O)c1. The Morgan fingerprint density at radius 2 is 1.79 bits per heavy atom. The van der Waals surface area contributed by atoms with Gasteiger partial charge in [0.1, 0.15) is 11.5 Å². The molecule has 4 nitrogen and oxygen atoms in total. The quantitative estimate of drug-likeness (QED) is 0.842. The molecule has 2 aromatic rings. The Labute approximate surface area is 112 Å². The van der Waals surface area contributed by atoms with Gasteiger partial charge in [0.2, 0.25) is 0 Å². The van der Waals surface area contributed by atoms with E-state index in [1.807, 2.05) is 39.0 Å². The molecule has 0 aliphatic heterocycles. The summed E-state index contributed by atoms with van der Waals surface area (Å²) in [4.78, 5) is 13.7. The average Bonchev–Trinajstić information content (AvgIpc) is 2.37. The van der Waals surface area contributed by atoms with E-state index < -0.39 is 0 Å². The second-order valence-electron chi connectivity index (χ2n) is 4.15. The number of benzene rings is 1. The lowest BCUT2D eigenvalue weighted by Gasteiger charge is -1.99. The molecule has 0 saturated heterocycles. The monoisotopic (exact) mass is 259 g/mol. The summed E-state index contributed by atoms with van der Waals surface area (Å²) in [5, 5.41) is 9.21. The molecule has 19 heavy (non-hydrogen) atoms. The van der Waals surface area contributed by atoms with Crippen molar-refractivity contribution in [1.29, 1.82) is 0 Å². The van der Waals surface area contributed by atoms with Crippen LogP contribution in [0.4, 0.5) is 0 Å². The molecule has 0 aliphatic rings. The van der Waals surface area contributed by atoms with Gasteiger partial charge in [-0.3, -0.25) is 9.78 Å². The Morgan fingerprint density at radius 3 is 2.26 bits per heavy atom.